The van der Waals surface area contributed by atoms with Gasteiger partial charge in [0, 0.05) is 0 Å². The Labute approximate surface area is 142 Å². The molecule has 0 saturated carbocycles. The molecule has 0 amide bonds. The van der Waals surface area contributed by atoms with Gasteiger partial charge in [-0.1, -0.05) is 6.07 Å². The first-order valence-electron chi connectivity index (χ1n) is 7.86. The topological polar surface area (TPSA) is 85.4 Å². The molecule has 25 heavy (non-hydrogen) atoms. The molecule has 0 unspecified atom stereocenters. The van der Waals surface area contributed by atoms with Crippen LogP contribution in [0.4, 0.5) is 5.82 Å². The second-order valence-corrected chi connectivity index (χ2v) is 6.28. The Kier molecular flexibility index (Phi) is 2.39. The maximum atomic E-state index is 9.62. The van der Waals surface area contributed by atoms with Gasteiger partial charge in [-0.25, -0.2) is 9.55 Å². The number of hydrogen-bond acceptors (Lipinski definition) is 4. The van der Waals surface area contributed by atoms with Crippen molar-refractivity contribution in [2.75, 3.05) is 12.8 Å². The van der Waals surface area contributed by atoms with Gasteiger partial charge in [-0.15, -0.1) is 0 Å². The van der Waals surface area contributed by atoms with Crippen molar-refractivity contribution in [2.45, 2.75) is 6.92 Å². The van der Waals surface area contributed by atoms with Gasteiger partial charge in [0.1, 0.15) is 34.0 Å². The molecular weight excluding hydrogens is 316 g/mol. The maximum Gasteiger partial charge on any atom is 0.250 e. The number of nitrogen functional groups attached to an aromatic ring is 1. The van der Waals surface area contributed by atoms with E-state index in [0.29, 0.717) is 16.9 Å². The fraction of sp³-hybridized carbons (Fsp3) is 0.167. The summed E-state index contributed by atoms with van der Waals surface area (Å²) in [7, 11) is 3.63. The van der Waals surface area contributed by atoms with Crippen LogP contribution < -0.4 is 14.9 Å². The summed E-state index contributed by atoms with van der Waals surface area (Å²) in [6.07, 6.45) is 3.79. The summed E-state index contributed by atoms with van der Waals surface area (Å²) in [4.78, 5) is 4.53. The molecule has 7 nitrogen and oxygen atoms in total. The number of aryl methyl sites for hydroxylation is 2. The third-order valence-electron chi connectivity index (χ3n) is 4.99. The molecule has 0 radical (unpaired) electrons. The number of benzene rings is 1. The number of imidazole rings is 1. The Morgan fingerprint density at radius 1 is 1.28 bits per heavy atom. The van der Waals surface area contributed by atoms with Crippen LogP contribution in [0.25, 0.3) is 33.1 Å². The number of hydrogen-bond donors (Lipinski definition) is 1. The molecule has 1 aromatic carbocycles. The highest BCUT2D eigenvalue weighted by atomic mass is 16.5. The molecule has 0 atom stereocenters. The normalized spacial score (nSPS) is 11.9. The average molecular weight is 331 g/mol. The number of nitriles is 1. The van der Waals surface area contributed by atoms with Crippen LogP contribution in [0.3, 0.4) is 0 Å². The van der Waals surface area contributed by atoms with Gasteiger partial charge in [0.25, 0.3) is 0 Å². The minimum absolute atomic E-state index is 0.405. The molecule has 5 aromatic rings. The molecule has 4 aromatic heterocycles. The van der Waals surface area contributed by atoms with Crippen molar-refractivity contribution in [3.8, 4) is 11.8 Å². The van der Waals surface area contributed by atoms with Crippen molar-refractivity contribution in [3.63, 3.8) is 0 Å². The van der Waals surface area contributed by atoms with E-state index in [9.17, 15) is 5.26 Å². The lowest BCUT2D eigenvalue weighted by molar-refractivity contribution is -0.481. The van der Waals surface area contributed by atoms with Crippen LogP contribution >= 0.6 is 0 Å². The fourth-order valence-corrected chi connectivity index (χ4v) is 3.87. The van der Waals surface area contributed by atoms with Gasteiger partial charge in [0.05, 0.1) is 20.4 Å². The largest absolute Gasteiger partial charge is 0.492 e. The number of pyridine rings is 1. The van der Waals surface area contributed by atoms with Gasteiger partial charge in [-0.3, -0.25) is 4.40 Å². The second-order valence-electron chi connectivity index (χ2n) is 6.28. The Balaban J connectivity index is 2.31. The van der Waals surface area contributed by atoms with Gasteiger partial charge in [-0.05, 0) is 18.6 Å². The van der Waals surface area contributed by atoms with Crippen molar-refractivity contribution < 1.29 is 9.14 Å². The van der Waals surface area contributed by atoms with Crippen LogP contribution in [0.1, 0.15) is 11.1 Å². The van der Waals surface area contributed by atoms with Crippen molar-refractivity contribution in [1.82, 2.24) is 14.0 Å². The van der Waals surface area contributed by atoms with Gasteiger partial charge < -0.3 is 10.5 Å². The number of nitrogens with two attached hydrogens (primary N) is 1. The summed E-state index contributed by atoms with van der Waals surface area (Å²) < 4.78 is 11.7. The van der Waals surface area contributed by atoms with E-state index in [-0.39, 0.29) is 0 Å². The Hall–Kier alpha value is -3.53. The minimum Gasteiger partial charge on any atom is -0.492 e. The molecule has 0 aliphatic heterocycles. The lowest BCUT2D eigenvalue weighted by Gasteiger charge is -2.11. The van der Waals surface area contributed by atoms with Gasteiger partial charge in [0.15, 0.2) is 16.8 Å². The zero-order valence-corrected chi connectivity index (χ0v) is 14.0. The molecule has 122 valence electrons. The zero-order chi connectivity index (χ0) is 17.5. The quantitative estimate of drug-likeness (QED) is 0.376. The van der Waals surface area contributed by atoms with E-state index in [1.165, 1.54) is 0 Å². The lowest BCUT2D eigenvalue weighted by Crippen LogP contribution is -2.23. The monoisotopic (exact) mass is 331 g/mol. The number of nitrogens with zero attached hydrogens (tertiary/aromatic N) is 5. The zero-order valence-electron chi connectivity index (χ0n) is 14.0. The number of methoxy groups -OCH3 is 1. The number of fused-ring (bicyclic) bond motifs is 3. The standard InChI is InChI=1S/C18H15N6O/c1-9-4-5-12(25-3)16-14(9)24-17-13(10(6-19)18(24)20)21-7-11-15(17)23(16)8-22(11)2/h4-5,7-8H,20H2,1-3H3/q+1. The number of rotatable bonds is 1. The minimum atomic E-state index is 0.405. The molecule has 0 fully saturated rings. The predicted molar refractivity (Wildman–Crippen MR) is 93.9 cm³/mol. The van der Waals surface area contributed by atoms with Crippen LogP contribution in [0.15, 0.2) is 24.7 Å². The third kappa shape index (κ3) is 1.41. The Morgan fingerprint density at radius 2 is 2.08 bits per heavy atom. The molecule has 5 rings (SSSR count). The smallest absolute Gasteiger partial charge is 0.250 e. The molecule has 0 saturated heterocycles. The van der Waals surface area contributed by atoms with E-state index in [4.69, 9.17) is 10.5 Å². The van der Waals surface area contributed by atoms with E-state index in [2.05, 4.69) is 15.5 Å². The first-order chi connectivity index (χ1) is 12.1. The van der Waals surface area contributed by atoms with Gasteiger partial charge >= 0.3 is 0 Å². The summed E-state index contributed by atoms with van der Waals surface area (Å²) in [6.45, 7) is 2.03. The van der Waals surface area contributed by atoms with Crippen LogP contribution in [0.2, 0.25) is 0 Å². The van der Waals surface area contributed by atoms with Crippen LogP contribution in [-0.2, 0) is 7.05 Å². The van der Waals surface area contributed by atoms with Gasteiger partial charge in [-0.2, -0.15) is 9.66 Å². The molecule has 0 spiro atoms. The van der Waals surface area contributed by atoms with E-state index in [1.807, 2.05) is 41.4 Å². The van der Waals surface area contributed by atoms with Crippen molar-refractivity contribution in [3.05, 3.63) is 35.8 Å². The number of ether oxygens (including phenoxy) is 1. The summed E-state index contributed by atoms with van der Waals surface area (Å²) in [5.41, 5.74) is 13.1. The van der Waals surface area contributed by atoms with Crippen molar-refractivity contribution >= 4 is 38.9 Å². The first-order valence-corrected chi connectivity index (χ1v) is 7.86. The van der Waals surface area contributed by atoms with Crippen LogP contribution in [0, 0.1) is 18.3 Å². The van der Waals surface area contributed by atoms with E-state index < -0.39 is 0 Å². The molecule has 0 aliphatic carbocycles. The van der Waals surface area contributed by atoms with E-state index in [0.717, 1.165) is 38.9 Å². The van der Waals surface area contributed by atoms with Crippen LogP contribution in [0.5, 0.6) is 5.75 Å². The highest BCUT2D eigenvalue weighted by Gasteiger charge is 2.29. The predicted octanol–water partition coefficient (Wildman–Crippen LogP) is 1.93. The summed E-state index contributed by atoms with van der Waals surface area (Å²) in [6, 6.07) is 6.16. The highest BCUT2D eigenvalue weighted by molar-refractivity contribution is 6.07. The SMILES string of the molecule is COc1ccc(C)c2c1[n+]1cn(C)c3cnc4c(C#N)c(N)n2c4c31. The van der Waals surface area contributed by atoms with E-state index in [1.54, 1.807) is 13.3 Å². The lowest BCUT2D eigenvalue weighted by atomic mass is 10.1. The average Bonchev–Trinajstić information content (AvgIpc) is 3.09. The fourth-order valence-electron chi connectivity index (χ4n) is 3.87. The van der Waals surface area contributed by atoms with E-state index >= 15 is 0 Å². The molecule has 4 heterocycles. The number of aromatic nitrogens is 4. The maximum absolute atomic E-state index is 9.62. The number of anilines is 1. The molecular formula is C18H15N6O+. The second kappa shape index (κ2) is 4.30. The summed E-state index contributed by atoms with van der Waals surface area (Å²) in [5.74, 6) is 1.16. The Morgan fingerprint density at radius 3 is 2.80 bits per heavy atom. The summed E-state index contributed by atoms with van der Waals surface area (Å²) in [5, 5.41) is 9.62. The molecule has 0 bridgehead atoms. The Bertz CT molecular complexity index is 1370. The first kappa shape index (κ1) is 13.9. The highest BCUT2D eigenvalue weighted by Crippen LogP contribution is 2.36. The summed E-state index contributed by atoms with van der Waals surface area (Å²) >= 11 is 0. The molecule has 2 N–H and O–H groups in total. The molecule has 7 heteroatoms. The van der Waals surface area contributed by atoms with Gasteiger partial charge in [0.2, 0.25) is 11.8 Å². The third-order valence-corrected chi connectivity index (χ3v) is 4.99. The van der Waals surface area contributed by atoms with Crippen molar-refractivity contribution in [1.29, 1.82) is 5.26 Å². The van der Waals surface area contributed by atoms with Crippen molar-refractivity contribution in [2.24, 2.45) is 7.05 Å². The molecule has 0 aliphatic rings. The van der Waals surface area contributed by atoms with Crippen LogP contribution in [-0.4, -0.2) is 21.1 Å².